The number of aromatic nitrogens is 4. The van der Waals surface area contributed by atoms with Gasteiger partial charge in [-0.2, -0.15) is 5.10 Å². The number of rotatable bonds is 6. The molecule has 156 valence electrons. The van der Waals surface area contributed by atoms with Crippen LogP contribution in [0.15, 0.2) is 24.5 Å². The van der Waals surface area contributed by atoms with Crippen molar-refractivity contribution in [3.63, 3.8) is 0 Å². The summed E-state index contributed by atoms with van der Waals surface area (Å²) in [7, 11) is 0. The van der Waals surface area contributed by atoms with Crippen molar-refractivity contribution >= 4 is 5.91 Å². The van der Waals surface area contributed by atoms with Crippen LogP contribution >= 0.6 is 0 Å². The van der Waals surface area contributed by atoms with Gasteiger partial charge in [-0.1, -0.05) is 0 Å². The molecule has 2 aliphatic rings. The molecule has 2 saturated heterocycles. The molecule has 8 nitrogen and oxygen atoms in total. The molecule has 2 aliphatic heterocycles. The number of amides is 1. The molecular formula is C21H31N7O. The zero-order valence-electron chi connectivity index (χ0n) is 17.2. The van der Waals surface area contributed by atoms with Crippen LogP contribution in [0.4, 0.5) is 0 Å². The SMILES string of the molecule is Cc1nc(CNC(=O)[C@@H]2CCCN(C3CCN(Cc4ccncc4)CC3)C2)n[nH]1. The van der Waals surface area contributed by atoms with Gasteiger partial charge in [0.05, 0.1) is 12.5 Å². The lowest BCUT2D eigenvalue weighted by Gasteiger charge is -2.42. The molecular weight excluding hydrogens is 366 g/mol. The van der Waals surface area contributed by atoms with Crippen LogP contribution in [0, 0.1) is 12.8 Å². The second-order valence-electron chi connectivity index (χ2n) is 8.25. The molecule has 2 fully saturated rings. The Kier molecular flexibility index (Phi) is 6.51. The van der Waals surface area contributed by atoms with E-state index >= 15 is 0 Å². The van der Waals surface area contributed by atoms with Gasteiger partial charge in [-0.15, -0.1) is 0 Å². The number of piperidine rings is 2. The maximum absolute atomic E-state index is 12.6. The van der Waals surface area contributed by atoms with Crippen LogP contribution < -0.4 is 5.32 Å². The Morgan fingerprint density at radius 2 is 2.00 bits per heavy atom. The number of hydrogen-bond donors (Lipinski definition) is 2. The Balaban J connectivity index is 1.23. The minimum Gasteiger partial charge on any atom is -0.348 e. The largest absolute Gasteiger partial charge is 0.348 e. The molecule has 0 unspecified atom stereocenters. The highest BCUT2D eigenvalue weighted by Gasteiger charge is 2.31. The van der Waals surface area contributed by atoms with Gasteiger partial charge in [-0.05, 0) is 69.9 Å². The average Bonchev–Trinajstić information content (AvgIpc) is 3.18. The molecule has 0 aliphatic carbocycles. The minimum atomic E-state index is 0.0682. The Morgan fingerprint density at radius 1 is 1.21 bits per heavy atom. The third-order valence-electron chi connectivity index (χ3n) is 6.12. The zero-order chi connectivity index (χ0) is 20.1. The first-order valence-electron chi connectivity index (χ1n) is 10.7. The summed E-state index contributed by atoms with van der Waals surface area (Å²) >= 11 is 0. The molecule has 0 radical (unpaired) electrons. The van der Waals surface area contributed by atoms with Gasteiger partial charge in [0, 0.05) is 31.5 Å². The molecule has 29 heavy (non-hydrogen) atoms. The lowest BCUT2D eigenvalue weighted by atomic mass is 9.93. The van der Waals surface area contributed by atoms with Gasteiger partial charge in [-0.3, -0.25) is 24.7 Å². The summed E-state index contributed by atoms with van der Waals surface area (Å²) in [5.41, 5.74) is 1.33. The first-order valence-corrected chi connectivity index (χ1v) is 10.7. The third-order valence-corrected chi connectivity index (χ3v) is 6.12. The fraction of sp³-hybridized carbons (Fsp3) is 0.619. The number of nitrogens with zero attached hydrogens (tertiary/aromatic N) is 5. The first-order chi connectivity index (χ1) is 14.2. The van der Waals surface area contributed by atoms with E-state index in [1.807, 2.05) is 19.3 Å². The number of carbonyl (C=O) groups is 1. The molecule has 4 rings (SSSR count). The summed E-state index contributed by atoms with van der Waals surface area (Å²) in [5.74, 6) is 1.62. The van der Waals surface area contributed by atoms with Crippen LogP contribution in [0.5, 0.6) is 0 Å². The summed E-state index contributed by atoms with van der Waals surface area (Å²) in [5, 5.41) is 9.92. The maximum atomic E-state index is 12.6. The van der Waals surface area contributed by atoms with Crippen LogP contribution in [0.3, 0.4) is 0 Å². The lowest BCUT2D eigenvalue weighted by molar-refractivity contribution is -0.127. The van der Waals surface area contributed by atoms with Crippen molar-refractivity contribution in [3.05, 3.63) is 41.7 Å². The lowest BCUT2D eigenvalue weighted by Crippen LogP contribution is -2.50. The Morgan fingerprint density at radius 3 is 2.72 bits per heavy atom. The van der Waals surface area contributed by atoms with Gasteiger partial charge in [0.25, 0.3) is 0 Å². The molecule has 2 N–H and O–H groups in total. The zero-order valence-corrected chi connectivity index (χ0v) is 17.2. The quantitative estimate of drug-likeness (QED) is 0.768. The van der Waals surface area contributed by atoms with Crippen molar-refractivity contribution in [2.45, 2.75) is 51.7 Å². The second kappa shape index (κ2) is 9.45. The highest BCUT2D eigenvalue weighted by molar-refractivity contribution is 5.78. The Labute approximate surface area is 172 Å². The molecule has 4 heterocycles. The van der Waals surface area contributed by atoms with E-state index in [-0.39, 0.29) is 11.8 Å². The normalized spacial score (nSPS) is 21.9. The van der Waals surface area contributed by atoms with Crippen molar-refractivity contribution in [3.8, 4) is 0 Å². The minimum absolute atomic E-state index is 0.0682. The number of aromatic amines is 1. The van der Waals surface area contributed by atoms with Gasteiger partial charge in [0.2, 0.25) is 5.91 Å². The molecule has 0 spiro atoms. The van der Waals surface area contributed by atoms with Crippen molar-refractivity contribution in [1.29, 1.82) is 0 Å². The summed E-state index contributed by atoms with van der Waals surface area (Å²) in [6, 6.07) is 4.79. The van der Waals surface area contributed by atoms with Crippen LogP contribution in [-0.4, -0.2) is 68.1 Å². The van der Waals surface area contributed by atoms with E-state index in [0.29, 0.717) is 18.4 Å². The van der Waals surface area contributed by atoms with Gasteiger partial charge in [0.1, 0.15) is 5.82 Å². The molecule has 0 saturated carbocycles. The predicted octanol–water partition coefficient (Wildman–Crippen LogP) is 1.50. The number of hydrogen-bond acceptors (Lipinski definition) is 6. The number of nitrogens with one attached hydrogen (secondary N) is 2. The van der Waals surface area contributed by atoms with Crippen molar-refractivity contribution in [1.82, 2.24) is 35.3 Å². The van der Waals surface area contributed by atoms with Gasteiger partial charge in [0.15, 0.2) is 5.82 Å². The van der Waals surface area contributed by atoms with Gasteiger partial charge < -0.3 is 5.32 Å². The summed E-state index contributed by atoms with van der Waals surface area (Å²) in [6.45, 7) is 7.47. The van der Waals surface area contributed by atoms with Crippen LogP contribution in [-0.2, 0) is 17.9 Å². The summed E-state index contributed by atoms with van der Waals surface area (Å²) in [4.78, 5) is 26.1. The molecule has 0 aromatic carbocycles. The first kappa shape index (κ1) is 20.0. The van der Waals surface area contributed by atoms with Crippen LogP contribution in [0.2, 0.25) is 0 Å². The standard InChI is InChI=1S/C21H31N7O/c1-16-24-20(26-25-16)13-23-21(29)18-3-2-10-28(15-18)19-6-11-27(12-7-19)14-17-4-8-22-9-5-17/h4-5,8-9,18-19H,2-3,6-7,10-15H2,1H3,(H,23,29)(H,24,25,26)/t18-/m1/s1. The number of pyridine rings is 1. The molecule has 8 heteroatoms. The summed E-state index contributed by atoms with van der Waals surface area (Å²) < 4.78 is 0. The van der Waals surface area contributed by atoms with Crippen LogP contribution in [0.25, 0.3) is 0 Å². The van der Waals surface area contributed by atoms with Gasteiger partial charge >= 0.3 is 0 Å². The molecule has 1 atom stereocenters. The molecule has 0 bridgehead atoms. The van der Waals surface area contributed by atoms with Crippen molar-refractivity contribution in [2.24, 2.45) is 5.92 Å². The number of carbonyl (C=O) groups excluding carboxylic acids is 1. The monoisotopic (exact) mass is 397 g/mol. The van der Waals surface area contributed by atoms with E-state index in [1.54, 1.807) is 0 Å². The van der Waals surface area contributed by atoms with E-state index in [9.17, 15) is 4.79 Å². The predicted molar refractivity (Wildman–Crippen MR) is 110 cm³/mol. The van der Waals surface area contributed by atoms with E-state index < -0.39 is 0 Å². The fourth-order valence-electron chi connectivity index (χ4n) is 4.52. The Hall–Kier alpha value is -2.32. The fourth-order valence-corrected chi connectivity index (χ4v) is 4.52. The highest BCUT2D eigenvalue weighted by atomic mass is 16.1. The third kappa shape index (κ3) is 5.39. The average molecular weight is 398 g/mol. The number of H-pyrrole nitrogens is 1. The van der Waals surface area contributed by atoms with E-state index in [1.165, 1.54) is 18.4 Å². The van der Waals surface area contributed by atoms with Gasteiger partial charge in [-0.25, -0.2) is 4.98 Å². The van der Waals surface area contributed by atoms with E-state index in [4.69, 9.17) is 0 Å². The second-order valence-corrected chi connectivity index (χ2v) is 8.25. The van der Waals surface area contributed by atoms with Crippen molar-refractivity contribution in [2.75, 3.05) is 26.2 Å². The number of likely N-dealkylation sites (tertiary alicyclic amines) is 2. The highest BCUT2D eigenvalue weighted by Crippen LogP contribution is 2.24. The Bertz CT molecular complexity index is 785. The topological polar surface area (TPSA) is 90.0 Å². The molecule has 2 aromatic rings. The smallest absolute Gasteiger partial charge is 0.224 e. The molecule has 1 amide bonds. The summed E-state index contributed by atoms with van der Waals surface area (Å²) in [6.07, 6.45) is 8.14. The molecule has 2 aromatic heterocycles. The van der Waals surface area contributed by atoms with E-state index in [2.05, 4.69) is 47.4 Å². The number of aryl methyl sites for hydroxylation is 1. The van der Waals surface area contributed by atoms with E-state index in [0.717, 1.165) is 51.4 Å². The van der Waals surface area contributed by atoms with Crippen LogP contribution in [0.1, 0.15) is 42.9 Å². The van der Waals surface area contributed by atoms with Crippen molar-refractivity contribution < 1.29 is 4.79 Å². The maximum Gasteiger partial charge on any atom is 0.224 e.